The Balaban J connectivity index is 0.483. The van der Waals surface area contributed by atoms with E-state index >= 15 is 0 Å². The molecule has 0 bridgehead atoms. The van der Waals surface area contributed by atoms with Gasteiger partial charge < -0.3 is 13.7 Å². The third-order valence-electron chi connectivity index (χ3n) is 34.6. The van der Waals surface area contributed by atoms with E-state index in [1.165, 1.54) is 239 Å². The average Bonchev–Trinajstić information content (AvgIpc) is 1.54. The number of anilines is 3. The molecule has 2 aromatic heterocycles. The summed E-state index contributed by atoms with van der Waals surface area (Å²) in [5, 5.41) is 4.58. The lowest BCUT2D eigenvalue weighted by Crippen LogP contribution is -2.19. The van der Waals surface area contributed by atoms with Gasteiger partial charge in [-0.3, -0.25) is 0 Å². The van der Waals surface area contributed by atoms with Crippen LogP contribution in [0.25, 0.3) is 200 Å². The number of furan rings is 2. The monoisotopic (exact) mass is 1810 g/mol. The molecule has 3 nitrogen and oxygen atoms in total. The second-order valence-corrected chi connectivity index (χ2v) is 44.9. The molecule has 0 saturated heterocycles. The third kappa shape index (κ3) is 12.0. The molecular weight excluding hydrogens is 1700 g/mol. The van der Waals surface area contributed by atoms with Crippen molar-refractivity contribution in [3.05, 3.63) is 446 Å². The van der Waals surface area contributed by atoms with Gasteiger partial charge in [0.1, 0.15) is 22.3 Å². The van der Waals surface area contributed by atoms with E-state index in [0.717, 1.165) is 77.5 Å². The number of hydrogen-bond donors (Lipinski definition) is 0. The van der Waals surface area contributed by atoms with Crippen LogP contribution >= 0.6 is 0 Å². The van der Waals surface area contributed by atoms with Gasteiger partial charge in [-0.2, -0.15) is 0 Å². The van der Waals surface area contributed by atoms with Crippen LogP contribution in [0.1, 0.15) is 183 Å². The topological polar surface area (TPSA) is 29.5 Å². The van der Waals surface area contributed by atoms with Gasteiger partial charge >= 0.3 is 0 Å². The summed E-state index contributed by atoms with van der Waals surface area (Å²) < 4.78 is 14.4. The summed E-state index contributed by atoms with van der Waals surface area (Å²) in [6.07, 6.45) is 0. The number of rotatable bonds is 11. The molecule has 0 saturated carbocycles. The Morgan fingerprint density at radius 1 is 0.177 bits per heavy atom. The molecule has 141 heavy (non-hydrogen) atoms. The van der Waals surface area contributed by atoms with Crippen molar-refractivity contribution in [1.29, 1.82) is 0 Å². The van der Waals surface area contributed by atoms with E-state index in [0.29, 0.717) is 0 Å². The van der Waals surface area contributed by atoms with Crippen LogP contribution in [0, 0.1) is 41.5 Å². The number of hydrogen-bond acceptors (Lipinski definition) is 3. The molecular formula is C138H111NO2. The Morgan fingerprint density at radius 3 is 0.780 bits per heavy atom. The van der Waals surface area contributed by atoms with E-state index < -0.39 is 10.8 Å². The molecule has 0 fully saturated rings. The molecule has 2 heterocycles. The van der Waals surface area contributed by atoms with E-state index in [-0.39, 0.29) is 21.7 Å². The summed E-state index contributed by atoms with van der Waals surface area (Å²) >= 11 is 0. The van der Waals surface area contributed by atoms with Gasteiger partial charge in [-0.1, -0.05) is 344 Å². The lowest BCUT2D eigenvalue weighted by molar-refractivity contribution is 0.657. The molecule has 19 aromatic carbocycles. The fourth-order valence-corrected chi connectivity index (χ4v) is 27.2. The molecule has 0 aliphatic heterocycles. The van der Waals surface area contributed by atoms with Crippen LogP contribution in [0.3, 0.4) is 0 Å². The summed E-state index contributed by atoms with van der Waals surface area (Å²) in [4.78, 5) is 2.55. The van der Waals surface area contributed by atoms with Gasteiger partial charge in [0.05, 0.1) is 5.69 Å². The van der Waals surface area contributed by atoms with Gasteiger partial charge in [0, 0.05) is 76.5 Å². The molecule has 27 rings (SSSR count). The predicted octanol–water partition coefficient (Wildman–Crippen LogP) is 38.0. The van der Waals surface area contributed by atoms with E-state index in [1.807, 2.05) is 0 Å². The number of para-hydroxylation sites is 3. The highest BCUT2D eigenvalue weighted by Gasteiger charge is 2.46. The Bertz CT molecular complexity index is 8580. The molecule has 6 aliphatic carbocycles. The minimum absolute atomic E-state index is 0.0565. The van der Waals surface area contributed by atoms with Gasteiger partial charge in [0.25, 0.3) is 0 Å². The fraction of sp³-hybridized carbons (Fsp3) is 0.174. The lowest BCUT2D eigenvalue weighted by Gasteiger charge is -2.31. The zero-order chi connectivity index (χ0) is 96.2. The summed E-state index contributed by atoms with van der Waals surface area (Å²) in [5.41, 5.74) is 64.6. The second-order valence-electron chi connectivity index (χ2n) is 44.9. The predicted molar refractivity (Wildman–Crippen MR) is 593 cm³/mol. The van der Waals surface area contributed by atoms with E-state index in [2.05, 4.69) is 475 Å². The van der Waals surface area contributed by atoms with Crippen LogP contribution in [0.4, 0.5) is 17.1 Å². The summed E-state index contributed by atoms with van der Waals surface area (Å²) in [6, 6.07) is 133. The van der Waals surface area contributed by atoms with Crippen molar-refractivity contribution in [2.75, 3.05) is 4.90 Å². The highest BCUT2D eigenvalue weighted by Crippen LogP contribution is 2.63. The first-order chi connectivity index (χ1) is 67.9. The lowest BCUT2D eigenvalue weighted by atomic mass is 9.80. The number of aryl methyl sites for hydroxylation is 6. The van der Waals surface area contributed by atoms with Crippen LogP contribution in [0.15, 0.2) is 355 Å². The normalized spacial score (nSPS) is 15.2. The van der Waals surface area contributed by atoms with Gasteiger partial charge in [-0.15, -0.1) is 0 Å². The van der Waals surface area contributed by atoms with Crippen molar-refractivity contribution >= 4 is 60.9 Å². The quantitative estimate of drug-likeness (QED) is 0.129. The van der Waals surface area contributed by atoms with Crippen LogP contribution in [0.2, 0.25) is 0 Å². The Labute approximate surface area is 827 Å². The Kier molecular flexibility index (Phi) is 17.8. The standard InChI is InChI=1S/C138H111NO2/c1-76-28-27-29-77(2)130(76)139(94-52-60-104-118(72-94)137(15,16)120-74-108(131-128(126(104)120)106-32-21-25-36-122(106)140-131)82-38-42-84(43-39-82)124-78(3)62-92(63-79(124)4)90-50-58-102-100-56-48-88(68-114(100)135(11,12)116(102)70-90)86-46-54-98-96-30-19-23-34-110(96)133(7,8)112(98)66-86)95-53-61-105-119(73-95)138(17,18)121-75-109(132-129(127(105)121)107-33-22-26-37-123(107)141-132)83-40-44-85(45-41-83)125-80(5)64-93(65-81(125)6)91-51-59-103-101-57-49-89(69-115(101)136(13,14)117(103)71-91)87-47-55-99-97-31-20-24-35-111(97)134(9,10)113(99)67-87/h19-75H,1-18H3. The van der Waals surface area contributed by atoms with Crippen LogP contribution in [-0.4, -0.2) is 0 Å². The maximum Gasteiger partial charge on any atom is 0.143 e. The summed E-state index contributed by atoms with van der Waals surface area (Å²) in [7, 11) is 0. The number of nitrogens with zero attached hydrogens (tertiary/aromatic N) is 1. The fourth-order valence-electron chi connectivity index (χ4n) is 27.2. The molecule has 0 radical (unpaired) electrons. The SMILES string of the molecule is Cc1cc(-c2ccc3c(c2)C(C)(C)c2cc(-c4ccc5c(c4)C(C)(C)c4ccccc4-5)ccc2-3)cc(C)c1-c1ccc(-c2cc3c(c4c2oc2ccccc24)-c2ccc(N(c4ccc5c(c4)C(C)(C)c4cc(-c6ccc(-c7c(C)cc(-c8ccc9c(c8)C(C)(C)c8cc(-c%10ccc%11c(c%10)C(C)(C)c%10ccccc%10-%11)ccc8-9)cc7C)cc6)c6oc7ccccc7c6c4-5)c4c(C)cccc4C)cc2C3(C)C)cc1. The van der Waals surface area contributed by atoms with Crippen LogP contribution in [0.5, 0.6) is 0 Å². The molecule has 21 aromatic rings. The van der Waals surface area contributed by atoms with Gasteiger partial charge in [0.2, 0.25) is 0 Å². The molecule has 3 heteroatoms. The van der Waals surface area contributed by atoms with Crippen molar-refractivity contribution < 1.29 is 8.83 Å². The maximum absolute atomic E-state index is 7.18. The molecule has 0 unspecified atom stereocenters. The van der Waals surface area contributed by atoms with E-state index in [1.54, 1.807) is 0 Å². The minimum Gasteiger partial charge on any atom is -0.455 e. The van der Waals surface area contributed by atoms with Gasteiger partial charge in [-0.25, -0.2) is 0 Å². The maximum atomic E-state index is 7.18. The van der Waals surface area contributed by atoms with E-state index in [9.17, 15) is 0 Å². The van der Waals surface area contributed by atoms with E-state index in [4.69, 9.17) is 8.83 Å². The average molecular weight is 1820 g/mol. The number of benzene rings is 19. The highest BCUT2D eigenvalue weighted by molar-refractivity contribution is 6.21. The molecule has 0 amide bonds. The Morgan fingerprint density at radius 2 is 0.440 bits per heavy atom. The van der Waals surface area contributed by atoms with Gasteiger partial charge in [-0.05, 0) is 371 Å². The molecule has 0 atom stereocenters. The highest BCUT2D eigenvalue weighted by atomic mass is 16.3. The van der Waals surface area contributed by atoms with Crippen molar-refractivity contribution in [2.24, 2.45) is 0 Å². The minimum atomic E-state index is -0.412. The van der Waals surface area contributed by atoms with Gasteiger partial charge in [0.15, 0.2) is 0 Å². The van der Waals surface area contributed by atoms with Crippen molar-refractivity contribution in [3.63, 3.8) is 0 Å². The van der Waals surface area contributed by atoms with Crippen LogP contribution < -0.4 is 4.90 Å². The van der Waals surface area contributed by atoms with Crippen LogP contribution in [-0.2, 0) is 32.5 Å². The number of fused-ring (bicyclic) bond motifs is 26. The zero-order valence-electron chi connectivity index (χ0n) is 83.7. The first kappa shape index (κ1) is 84.8. The largest absolute Gasteiger partial charge is 0.455 e. The molecule has 0 spiro atoms. The first-order valence-corrected chi connectivity index (χ1v) is 50.6. The molecule has 680 valence electrons. The third-order valence-corrected chi connectivity index (χ3v) is 34.6. The molecule has 0 N–H and O–H groups in total. The molecule has 6 aliphatic rings. The first-order valence-electron chi connectivity index (χ1n) is 50.6. The summed E-state index contributed by atoms with van der Waals surface area (Å²) in [6.45, 7) is 42.6. The zero-order valence-corrected chi connectivity index (χ0v) is 83.7. The van der Waals surface area contributed by atoms with Crippen molar-refractivity contribution in [2.45, 2.75) is 157 Å². The second kappa shape index (κ2) is 29.6. The van der Waals surface area contributed by atoms with Crippen molar-refractivity contribution in [3.8, 4) is 156 Å². The Hall–Kier alpha value is -15.4. The smallest absolute Gasteiger partial charge is 0.143 e. The summed E-state index contributed by atoms with van der Waals surface area (Å²) in [5.74, 6) is 0. The van der Waals surface area contributed by atoms with Crippen molar-refractivity contribution in [1.82, 2.24) is 0 Å².